The maximum atomic E-state index is 12.6. The number of hydrogen-bond donors (Lipinski definition) is 1. The van der Waals surface area contributed by atoms with Crippen LogP contribution < -0.4 is 10.2 Å². The first-order chi connectivity index (χ1) is 9.70. The Morgan fingerprint density at radius 3 is 2.75 bits per heavy atom. The first-order valence-electron chi connectivity index (χ1n) is 7.87. The lowest BCUT2D eigenvalue weighted by Gasteiger charge is -2.23. The fourth-order valence-electron chi connectivity index (χ4n) is 2.98. The number of hydrogen-bond acceptors (Lipinski definition) is 2. The van der Waals surface area contributed by atoms with Gasteiger partial charge in [0.15, 0.2) is 0 Å². The van der Waals surface area contributed by atoms with Crippen LogP contribution in [-0.4, -0.2) is 24.5 Å². The van der Waals surface area contributed by atoms with Gasteiger partial charge in [0.05, 0.1) is 6.04 Å². The van der Waals surface area contributed by atoms with Gasteiger partial charge in [0.2, 0.25) is 5.91 Å². The molecule has 1 aliphatic carbocycles. The Morgan fingerprint density at radius 1 is 1.30 bits per heavy atom. The topological polar surface area (TPSA) is 32.3 Å². The molecule has 20 heavy (non-hydrogen) atoms. The molecular formula is C17H24N2O. The van der Waals surface area contributed by atoms with E-state index >= 15 is 0 Å². The Bertz CT molecular complexity index is 496. The van der Waals surface area contributed by atoms with Gasteiger partial charge >= 0.3 is 0 Å². The van der Waals surface area contributed by atoms with Crippen molar-refractivity contribution in [3.63, 3.8) is 0 Å². The van der Waals surface area contributed by atoms with Gasteiger partial charge in [-0.3, -0.25) is 4.79 Å². The Kier molecular flexibility index (Phi) is 3.79. The van der Waals surface area contributed by atoms with Crippen molar-refractivity contribution in [2.45, 2.75) is 57.5 Å². The third kappa shape index (κ3) is 2.59. The van der Waals surface area contributed by atoms with E-state index in [1.54, 1.807) is 0 Å². The van der Waals surface area contributed by atoms with Crippen molar-refractivity contribution < 1.29 is 4.79 Å². The number of para-hydroxylation sites is 1. The zero-order valence-electron chi connectivity index (χ0n) is 12.4. The molecule has 2 fully saturated rings. The number of rotatable bonds is 5. The predicted octanol–water partition coefficient (Wildman–Crippen LogP) is 3.06. The maximum Gasteiger partial charge on any atom is 0.244 e. The van der Waals surface area contributed by atoms with Gasteiger partial charge in [0.1, 0.15) is 0 Å². The molecule has 2 aliphatic rings. The van der Waals surface area contributed by atoms with Gasteiger partial charge in [0.25, 0.3) is 0 Å². The minimum atomic E-state index is 0.0347. The minimum absolute atomic E-state index is 0.0347. The standard InChI is InChI=1S/C17H24N2O/c1-3-12(2)14-6-4-5-7-16(14)19-11-10-15(17(19)20)18-13-8-9-13/h4-7,12-13,15,18H,3,8-11H2,1-2H3. The molecule has 0 radical (unpaired) electrons. The molecule has 3 rings (SSSR count). The van der Waals surface area contributed by atoms with Gasteiger partial charge in [-0.15, -0.1) is 0 Å². The van der Waals surface area contributed by atoms with Crippen molar-refractivity contribution in [1.29, 1.82) is 0 Å². The molecule has 2 unspecified atom stereocenters. The van der Waals surface area contributed by atoms with E-state index < -0.39 is 0 Å². The third-order valence-corrected chi connectivity index (χ3v) is 4.59. The van der Waals surface area contributed by atoms with Gasteiger partial charge in [-0.25, -0.2) is 0 Å². The molecule has 3 nitrogen and oxygen atoms in total. The minimum Gasteiger partial charge on any atom is -0.311 e. The number of nitrogens with zero attached hydrogens (tertiary/aromatic N) is 1. The SMILES string of the molecule is CCC(C)c1ccccc1N1CCC(NC2CC2)C1=O. The zero-order chi connectivity index (χ0) is 14.1. The van der Waals surface area contributed by atoms with E-state index in [-0.39, 0.29) is 11.9 Å². The Morgan fingerprint density at radius 2 is 2.05 bits per heavy atom. The van der Waals surface area contributed by atoms with Crippen molar-refractivity contribution in [2.75, 3.05) is 11.4 Å². The Hall–Kier alpha value is -1.35. The normalized spacial score (nSPS) is 24.2. The van der Waals surface area contributed by atoms with Gasteiger partial charge in [-0.2, -0.15) is 0 Å². The van der Waals surface area contributed by atoms with E-state index in [9.17, 15) is 4.79 Å². The van der Waals surface area contributed by atoms with Crippen molar-refractivity contribution in [2.24, 2.45) is 0 Å². The van der Waals surface area contributed by atoms with E-state index in [0.29, 0.717) is 12.0 Å². The number of amides is 1. The average Bonchev–Trinajstić information content (AvgIpc) is 3.22. The molecule has 1 heterocycles. The summed E-state index contributed by atoms with van der Waals surface area (Å²) >= 11 is 0. The molecular weight excluding hydrogens is 248 g/mol. The van der Waals surface area contributed by atoms with Crippen LogP contribution in [-0.2, 0) is 4.79 Å². The molecule has 1 amide bonds. The first kappa shape index (κ1) is 13.6. The molecule has 1 aliphatic heterocycles. The fraction of sp³-hybridized carbons (Fsp3) is 0.588. The molecule has 1 saturated heterocycles. The monoisotopic (exact) mass is 272 g/mol. The van der Waals surface area contributed by atoms with Crippen molar-refractivity contribution in [1.82, 2.24) is 5.32 Å². The van der Waals surface area contributed by atoms with Crippen LogP contribution in [0.25, 0.3) is 0 Å². The third-order valence-electron chi connectivity index (χ3n) is 4.59. The molecule has 2 atom stereocenters. The lowest BCUT2D eigenvalue weighted by atomic mass is 9.96. The van der Waals surface area contributed by atoms with Crippen LogP contribution in [0.1, 0.15) is 51.0 Å². The quantitative estimate of drug-likeness (QED) is 0.893. The van der Waals surface area contributed by atoms with Gasteiger partial charge in [-0.1, -0.05) is 32.0 Å². The van der Waals surface area contributed by atoms with E-state index in [1.807, 2.05) is 11.0 Å². The Labute approximate surface area is 121 Å². The summed E-state index contributed by atoms with van der Waals surface area (Å²) in [6.45, 7) is 5.28. The molecule has 1 N–H and O–H groups in total. The molecule has 1 saturated carbocycles. The number of anilines is 1. The van der Waals surface area contributed by atoms with Crippen LogP contribution in [0.15, 0.2) is 24.3 Å². The lowest BCUT2D eigenvalue weighted by molar-refractivity contribution is -0.118. The van der Waals surface area contributed by atoms with Crippen LogP contribution in [0.4, 0.5) is 5.69 Å². The molecule has 3 heteroatoms. The highest BCUT2D eigenvalue weighted by Crippen LogP contribution is 2.32. The van der Waals surface area contributed by atoms with E-state index in [1.165, 1.54) is 18.4 Å². The first-order valence-corrected chi connectivity index (χ1v) is 7.87. The van der Waals surface area contributed by atoms with Crippen molar-refractivity contribution >= 4 is 11.6 Å². The number of benzene rings is 1. The maximum absolute atomic E-state index is 12.6. The summed E-state index contributed by atoms with van der Waals surface area (Å²) in [5, 5.41) is 3.47. The summed E-state index contributed by atoms with van der Waals surface area (Å²) in [4.78, 5) is 14.6. The summed E-state index contributed by atoms with van der Waals surface area (Å²) in [6.07, 6.45) is 4.49. The highest BCUT2D eigenvalue weighted by Gasteiger charge is 2.36. The molecule has 0 spiro atoms. The van der Waals surface area contributed by atoms with E-state index in [4.69, 9.17) is 0 Å². The molecule has 1 aromatic rings. The van der Waals surface area contributed by atoms with Crippen LogP contribution in [0.2, 0.25) is 0 Å². The molecule has 1 aromatic carbocycles. The molecule has 0 bridgehead atoms. The van der Waals surface area contributed by atoms with E-state index in [0.717, 1.165) is 25.1 Å². The second kappa shape index (κ2) is 5.57. The van der Waals surface area contributed by atoms with Crippen molar-refractivity contribution in [3.05, 3.63) is 29.8 Å². The lowest BCUT2D eigenvalue weighted by Crippen LogP contribution is -2.39. The second-order valence-corrected chi connectivity index (χ2v) is 6.14. The largest absolute Gasteiger partial charge is 0.311 e. The van der Waals surface area contributed by atoms with Crippen LogP contribution in [0.5, 0.6) is 0 Å². The predicted molar refractivity (Wildman–Crippen MR) is 82.1 cm³/mol. The summed E-state index contributed by atoms with van der Waals surface area (Å²) < 4.78 is 0. The number of carbonyl (C=O) groups excluding carboxylic acids is 1. The van der Waals surface area contributed by atoms with Crippen molar-refractivity contribution in [3.8, 4) is 0 Å². The van der Waals surface area contributed by atoms with Gasteiger partial charge < -0.3 is 10.2 Å². The summed E-state index contributed by atoms with van der Waals surface area (Å²) in [5.41, 5.74) is 2.42. The highest BCUT2D eigenvalue weighted by atomic mass is 16.2. The molecule has 0 aromatic heterocycles. The van der Waals surface area contributed by atoms with Crippen LogP contribution in [0, 0.1) is 0 Å². The van der Waals surface area contributed by atoms with Crippen LogP contribution >= 0.6 is 0 Å². The Balaban J connectivity index is 1.80. The summed E-state index contributed by atoms with van der Waals surface area (Å²) in [7, 11) is 0. The highest BCUT2D eigenvalue weighted by molar-refractivity contribution is 6.00. The second-order valence-electron chi connectivity index (χ2n) is 6.14. The van der Waals surface area contributed by atoms with E-state index in [2.05, 4.69) is 37.4 Å². The number of nitrogens with one attached hydrogen (secondary N) is 1. The average molecular weight is 272 g/mol. The zero-order valence-corrected chi connectivity index (χ0v) is 12.4. The van der Waals surface area contributed by atoms with Gasteiger partial charge in [0, 0.05) is 18.3 Å². The summed E-state index contributed by atoms with van der Waals surface area (Å²) in [6, 6.07) is 9.00. The molecule has 108 valence electrons. The summed E-state index contributed by atoms with van der Waals surface area (Å²) in [5.74, 6) is 0.752. The smallest absolute Gasteiger partial charge is 0.244 e. The van der Waals surface area contributed by atoms with Gasteiger partial charge in [-0.05, 0) is 43.2 Å². The number of carbonyl (C=O) groups is 1. The van der Waals surface area contributed by atoms with Crippen LogP contribution in [0.3, 0.4) is 0 Å². The fourth-order valence-corrected chi connectivity index (χ4v) is 2.98.